The van der Waals surface area contributed by atoms with E-state index in [0.717, 1.165) is 16.7 Å². The van der Waals surface area contributed by atoms with Gasteiger partial charge in [0.2, 0.25) is 0 Å². The number of carboxylic acids is 1. The third kappa shape index (κ3) is 3.83. The maximum absolute atomic E-state index is 15.0. The van der Waals surface area contributed by atoms with Crippen molar-refractivity contribution in [1.82, 2.24) is 0 Å². The Morgan fingerprint density at radius 3 is 2.37 bits per heavy atom. The number of carbonyl (C=O) groups is 2. The Morgan fingerprint density at radius 2 is 1.74 bits per heavy atom. The minimum Gasteiger partial charge on any atom is -0.472 e. The molecule has 5 rings (SSSR count). The van der Waals surface area contributed by atoms with Crippen molar-refractivity contribution >= 4 is 11.8 Å². The van der Waals surface area contributed by atoms with Crippen LogP contribution in [-0.4, -0.2) is 39.7 Å². The molecule has 1 aromatic rings. The van der Waals surface area contributed by atoms with Crippen molar-refractivity contribution in [2.24, 2.45) is 17.3 Å². The van der Waals surface area contributed by atoms with Gasteiger partial charge in [0, 0.05) is 29.2 Å². The summed E-state index contributed by atoms with van der Waals surface area (Å²) in [5, 5.41) is 20.1. The zero-order valence-corrected chi connectivity index (χ0v) is 20.7. The Bertz CT molecular complexity index is 1310. The Hall–Kier alpha value is -2.99. The molecule has 5 atom stereocenters. The van der Waals surface area contributed by atoms with Gasteiger partial charge in [-0.2, -0.15) is 22.0 Å². The van der Waals surface area contributed by atoms with Crippen LogP contribution in [0.5, 0.6) is 0 Å². The number of aliphatic hydroxyl groups is 1. The van der Waals surface area contributed by atoms with E-state index in [9.17, 15) is 27.9 Å². The number of aliphatic carboxylic acids is 1. The number of carbonyl (C=O) groups excluding carboxylic acids is 1. The van der Waals surface area contributed by atoms with Crippen LogP contribution < -0.4 is 0 Å². The van der Waals surface area contributed by atoms with Crippen molar-refractivity contribution in [3.05, 3.63) is 58.2 Å². The standard InChI is InChI=1S/C29H27F5O4/c1-26-15-22(17-5-2-16(3-6-17)4-11-24(36)37)25-20-10-8-19(35)14-18(20)7-9-21(25)23(26)12-13-27(26,38)28(30,31)29(32,33)34/h2-3,5-6,14,21-23,38H,7-10,12-13,15H2,1H3,(H,36,37)/t21-,22+,23-,26-,27-/m0/s1. The van der Waals surface area contributed by atoms with Crippen LogP contribution in [0.2, 0.25) is 0 Å². The minimum atomic E-state index is -5.90. The Balaban J connectivity index is 1.66. The fourth-order valence-electron chi connectivity index (χ4n) is 7.64. The van der Waals surface area contributed by atoms with E-state index in [0.29, 0.717) is 36.8 Å². The highest BCUT2D eigenvalue weighted by Crippen LogP contribution is 2.70. The molecule has 2 saturated carbocycles. The zero-order valence-electron chi connectivity index (χ0n) is 20.7. The van der Waals surface area contributed by atoms with Crippen LogP contribution in [0.1, 0.15) is 68.9 Å². The largest absolute Gasteiger partial charge is 0.472 e. The van der Waals surface area contributed by atoms with Gasteiger partial charge in [-0.3, -0.25) is 4.79 Å². The smallest absolute Gasteiger partial charge is 0.456 e. The van der Waals surface area contributed by atoms with Gasteiger partial charge in [0.15, 0.2) is 5.78 Å². The fourth-order valence-corrected chi connectivity index (χ4v) is 7.64. The van der Waals surface area contributed by atoms with Gasteiger partial charge >= 0.3 is 18.1 Å². The van der Waals surface area contributed by atoms with Gasteiger partial charge in [-0.1, -0.05) is 30.6 Å². The van der Waals surface area contributed by atoms with Crippen LogP contribution >= 0.6 is 0 Å². The van der Waals surface area contributed by atoms with Gasteiger partial charge < -0.3 is 10.2 Å². The van der Waals surface area contributed by atoms with Gasteiger partial charge in [-0.15, -0.1) is 0 Å². The first-order valence-electron chi connectivity index (χ1n) is 12.7. The van der Waals surface area contributed by atoms with E-state index in [1.54, 1.807) is 30.3 Å². The zero-order chi connectivity index (χ0) is 27.7. The molecule has 1 aromatic carbocycles. The van der Waals surface area contributed by atoms with E-state index in [1.807, 2.05) is 5.92 Å². The molecule has 9 heteroatoms. The van der Waals surface area contributed by atoms with E-state index in [2.05, 4.69) is 5.92 Å². The first-order chi connectivity index (χ1) is 17.7. The molecule has 0 aliphatic heterocycles. The van der Waals surface area contributed by atoms with Crippen LogP contribution in [-0.2, 0) is 9.59 Å². The van der Waals surface area contributed by atoms with Crippen LogP contribution in [0.15, 0.2) is 47.1 Å². The predicted octanol–water partition coefficient (Wildman–Crippen LogP) is 5.95. The lowest BCUT2D eigenvalue weighted by atomic mass is 9.50. The van der Waals surface area contributed by atoms with Gasteiger partial charge in [-0.25, -0.2) is 4.79 Å². The molecule has 0 amide bonds. The molecule has 0 unspecified atom stereocenters. The summed E-state index contributed by atoms with van der Waals surface area (Å²) in [6.07, 6.45) is -3.16. The first-order valence-corrected chi connectivity index (χ1v) is 12.7. The molecule has 202 valence electrons. The molecule has 2 N–H and O–H groups in total. The number of allylic oxidation sites excluding steroid dienone is 4. The third-order valence-corrected chi connectivity index (χ3v) is 9.39. The summed E-state index contributed by atoms with van der Waals surface area (Å²) in [6.45, 7) is 1.38. The van der Waals surface area contributed by atoms with Crippen LogP contribution in [0, 0.1) is 29.1 Å². The Labute approximate surface area is 216 Å². The quantitative estimate of drug-likeness (QED) is 0.363. The number of hydrogen-bond acceptors (Lipinski definition) is 3. The molecular formula is C29H27F5O4. The molecule has 4 aliphatic carbocycles. The van der Waals surface area contributed by atoms with Crippen LogP contribution in [0.3, 0.4) is 0 Å². The molecule has 0 heterocycles. The number of rotatable bonds is 2. The molecule has 0 radical (unpaired) electrons. The van der Waals surface area contributed by atoms with Gasteiger partial charge in [-0.05, 0) is 85.3 Å². The van der Waals surface area contributed by atoms with Gasteiger partial charge in [0.1, 0.15) is 5.60 Å². The van der Waals surface area contributed by atoms with Crippen molar-refractivity contribution < 1.29 is 41.8 Å². The lowest BCUT2D eigenvalue weighted by molar-refractivity contribution is -0.362. The molecule has 4 nitrogen and oxygen atoms in total. The lowest BCUT2D eigenvalue weighted by Crippen LogP contribution is -2.65. The SMILES string of the molecule is C[C@]12C[C@H](c3ccc(C#CC(=O)O)cc3)C3=C4CCC(=O)C=C4CC[C@H]3[C@@H]1CC[C@@]2(O)C(F)(F)C(F)(F)F. The average molecular weight is 535 g/mol. The van der Waals surface area contributed by atoms with Gasteiger partial charge in [0.05, 0.1) is 0 Å². The number of carboxylic acid groups (broad SMARTS) is 1. The summed E-state index contributed by atoms with van der Waals surface area (Å²) in [4.78, 5) is 22.9. The summed E-state index contributed by atoms with van der Waals surface area (Å²) >= 11 is 0. The summed E-state index contributed by atoms with van der Waals surface area (Å²) in [5.41, 5.74) is -1.04. The number of fused-ring (bicyclic) bond motifs is 4. The van der Waals surface area contributed by atoms with E-state index in [1.165, 1.54) is 6.92 Å². The number of halogens is 5. The summed E-state index contributed by atoms with van der Waals surface area (Å²) in [5.74, 6) is -3.47. The highest BCUT2D eigenvalue weighted by atomic mass is 19.4. The van der Waals surface area contributed by atoms with E-state index < -0.39 is 47.3 Å². The number of alkyl halides is 5. The second-order valence-electron chi connectivity index (χ2n) is 11.1. The van der Waals surface area contributed by atoms with Gasteiger partial charge in [0.25, 0.3) is 0 Å². The lowest BCUT2D eigenvalue weighted by Gasteiger charge is -2.56. The third-order valence-electron chi connectivity index (χ3n) is 9.39. The van der Waals surface area contributed by atoms with E-state index in [4.69, 9.17) is 5.11 Å². The molecular weight excluding hydrogens is 507 g/mol. The summed E-state index contributed by atoms with van der Waals surface area (Å²) < 4.78 is 70.9. The topological polar surface area (TPSA) is 74.6 Å². The predicted molar refractivity (Wildman–Crippen MR) is 127 cm³/mol. The van der Waals surface area contributed by atoms with Crippen molar-refractivity contribution in [2.45, 2.75) is 75.5 Å². The number of benzene rings is 1. The highest BCUT2D eigenvalue weighted by Gasteiger charge is 2.79. The molecule has 0 spiro atoms. The number of hydrogen-bond donors (Lipinski definition) is 2. The maximum Gasteiger partial charge on any atom is 0.456 e. The van der Waals surface area contributed by atoms with Crippen molar-refractivity contribution in [1.29, 1.82) is 0 Å². The maximum atomic E-state index is 15.0. The van der Waals surface area contributed by atoms with Crippen LogP contribution in [0.25, 0.3) is 0 Å². The monoisotopic (exact) mass is 534 g/mol. The normalized spacial score (nSPS) is 33.0. The summed E-state index contributed by atoms with van der Waals surface area (Å²) in [6, 6.07) is 6.56. The second-order valence-corrected chi connectivity index (χ2v) is 11.1. The van der Waals surface area contributed by atoms with Crippen molar-refractivity contribution in [3.63, 3.8) is 0 Å². The highest BCUT2D eigenvalue weighted by molar-refractivity contribution is 5.93. The average Bonchev–Trinajstić information content (AvgIpc) is 3.13. The summed E-state index contributed by atoms with van der Waals surface area (Å²) in [7, 11) is 0. The Kier molecular flexibility index (Phi) is 6.14. The van der Waals surface area contributed by atoms with Crippen molar-refractivity contribution in [3.8, 4) is 11.8 Å². The second kappa shape index (κ2) is 8.77. The molecule has 0 bridgehead atoms. The molecule has 4 aliphatic rings. The van der Waals surface area contributed by atoms with Crippen LogP contribution in [0.4, 0.5) is 22.0 Å². The molecule has 0 saturated heterocycles. The minimum absolute atomic E-state index is 0.0152. The van der Waals surface area contributed by atoms with E-state index >= 15 is 8.78 Å². The first kappa shape index (κ1) is 26.6. The van der Waals surface area contributed by atoms with E-state index in [-0.39, 0.29) is 24.5 Å². The Morgan fingerprint density at radius 1 is 1.05 bits per heavy atom. The molecule has 38 heavy (non-hydrogen) atoms. The number of ketones is 1. The molecule has 0 aromatic heterocycles. The molecule has 2 fully saturated rings. The fraction of sp³-hybridized carbons (Fsp3) is 0.517. The van der Waals surface area contributed by atoms with Crippen molar-refractivity contribution in [2.75, 3.05) is 0 Å².